The molecule has 108 valence electrons. The summed E-state index contributed by atoms with van der Waals surface area (Å²) in [6.45, 7) is 4.71. The molecule has 0 aliphatic rings. The van der Waals surface area contributed by atoms with Crippen molar-refractivity contribution in [2.75, 3.05) is 26.8 Å². The van der Waals surface area contributed by atoms with E-state index in [0.717, 1.165) is 44.5 Å². The van der Waals surface area contributed by atoms with Crippen LogP contribution in [0, 0.1) is 11.7 Å². The number of benzene rings is 1. The lowest BCUT2D eigenvalue weighted by Gasteiger charge is -2.18. The summed E-state index contributed by atoms with van der Waals surface area (Å²) in [6.07, 6.45) is 3.18. The van der Waals surface area contributed by atoms with Crippen LogP contribution in [0.5, 0.6) is 0 Å². The van der Waals surface area contributed by atoms with Gasteiger partial charge in [0.25, 0.3) is 0 Å². The third-order valence-electron chi connectivity index (χ3n) is 3.15. The van der Waals surface area contributed by atoms with Gasteiger partial charge in [-0.15, -0.1) is 0 Å². The van der Waals surface area contributed by atoms with Crippen LogP contribution in [-0.2, 0) is 11.2 Å². The summed E-state index contributed by atoms with van der Waals surface area (Å²) in [5.74, 6) is 0.347. The number of halogens is 2. The van der Waals surface area contributed by atoms with Crippen LogP contribution in [0.1, 0.15) is 25.3 Å². The molecule has 0 saturated carbocycles. The molecule has 1 atom stereocenters. The molecule has 1 aromatic carbocycles. The Bertz CT molecular complexity index is 373. The number of ether oxygens (including phenoxy) is 1. The highest BCUT2D eigenvalue weighted by atomic mass is 79.9. The highest BCUT2D eigenvalue weighted by Crippen LogP contribution is 2.24. The summed E-state index contributed by atoms with van der Waals surface area (Å²) in [4.78, 5) is 0. The van der Waals surface area contributed by atoms with Crippen molar-refractivity contribution >= 4 is 15.9 Å². The summed E-state index contributed by atoms with van der Waals surface area (Å²) >= 11 is 3.34. The van der Waals surface area contributed by atoms with Gasteiger partial charge in [0.15, 0.2) is 0 Å². The Balaban J connectivity index is 2.54. The third kappa shape index (κ3) is 6.02. The van der Waals surface area contributed by atoms with Gasteiger partial charge in [0.05, 0.1) is 11.1 Å². The predicted molar refractivity (Wildman–Crippen MR) is 80.9 cm³/mol. The van der Waals surface area contributed by atoms with E-state index < -0.39 is 0 Å². The van der Waals surface area contributed by atoms with Crippen LogP contribution in [0.2, 0.25) is 0 Å². The molecule has 0 radical (unpaired) electrons. The Kier molecular flexibility index (Phi) is 8.26. The smallest absolute Gasteiger partial charge is 0.137 e. The summed E-state index contributed by atoms with van der Waals surface area (Å²) < 4.78 is 19.1. The zero-order valence-electron chi connectivity index (χ0n) is 11.7. The van der Waals surface area contributed by atoms with Crippen LogP contribution >= 0.6 is 15.9 Å². The maximum Gasteiger partial charge on any atom is 0.137 e. The Labute approximate surface area is 123 Å². The van der Waals surface area contributed by atoms with Gasteiger partial charge in [0, 0.05) is 13.7 Å². The average Bonchev–Trinajstić information content (AvgIpc) is 2.40. The molecule has 0 bridgehead atoms. The standard InChI is InChI=1S/C15H23BrFNO/c1-3-5-12(11-18-8-9-19-2)10-13-6-4-7-14(17)15(13)16/h4,6-7,12,18H,3,5,8-11H2,1-2H3. The van der Waals surface area contributed by atoms with E-state index in [9.17, 15) is 4.39 Å². The van der Waals surface area contributed by atoms with Crippen molar-refractivity contribution in [3.05, 3.63) is 34.1 Å². The molecule has 2 nitrogen and oxygen atoms in total. The van der Waals surface area contributed by atoms with Gasteiger partial charge in [-0.2, -0.15) is 0 Å². The van der Waals surface area contributed by atoms with Gasteiger partial charge in [0.2, 0.25) is 0 Å². The van der Waals surface area contributed by atoms with Crippen molar-refractivity contribution in [3.8, 4) is 0 Å². The van der Waals surface area contributed by atoms with Crippen LogP contribution in [0.4, 0.5) is 4.39 Å². The van der Waals surface area contributed by atoms with Crippen molar-refractivity contribution in [2.45, 2.75) is 26.2 Å². The molecule has 1 aromatic rings. The quantitative estimate of drug-likeness (QED) is 0.695. The van der Waals surface area contributed by atoms with Crippen molar-refractivity contribution in [3.63, 3.8) is 0 Å². The molecule has 4 heteroatoms. The molecule has 1 unspecified atom stereocenters. The number of nitrogens with one attached hydrogen (secondary N) is 1. The maximum absolute atomic E-state index is 13.5. The monoisotopic (exact) mass is 331 g/mol. The molecule has 1 rings (SSSR count). The van der Waals surface area contributed by atoms with Crippen LogP contribution in [-0.4, -0.2) is 26.8 Å². The first-order chi connectivity index (χ1) is 9.19. The number of rotatable bonds is 9. The zero-order valence-corrected chi connectivity index (χ0v) is 13.3. The summed E-state index contributed by atoms with van der Waals surface area (Å²) in [7, 11) is 1.70. The van der Waals surface area contributed by atoms with E-state index >= 15 is 0 Å². The topological polar surface area (TPSA) is 21.3 Å². The Hall–Kier alpha value is -0.450. The van der Waals surface area contributed by atoms with Crippen molar-refractivity contribution in [2.24, 2.45) is 5.92 Å². The zero-order chi connectivity index (χ0) is 14.1. The molecule has 0 heterocycles. The first kappa shape index (κ1) is 16.6. The second-order valence-corrected chi connectivity index (χ2v) is 5.56. The van der Waals surface area contributed by atoms with E-state index in [1.165, 1.54) is 6.07 Å². The van der Waals surface area contributed by atoms with E-state index in [4.69, 9.17) is 4.74 Å². The van der Waals surface area contributed by atoms with Gasteiger partial charge >= 0.3 is 0 Å². The lowest BCUT2D eigenvalue weighted by Crippen LogP contribution is -2.27. The second-order valence-electron chi connectivity index (χ2n) is 4.77. The summed E-state index contributed by atoms with van der Waals surface area (Å²) in [5.41, 5.74) is 1.05. The average molecular weight is 332 g/mol. The normalized spacial score (nSPS) is 12.6. The molecular formula is C15H23BrFNO. The molecule has 0 amide bonds. The van der Waals surface area contributed by atoms with Gasteiger partial charge in [-0.3, -0.25) is 0 Å². The minimum Gasteiger partial charge on any atom is -0.383 e. The van der Waals surface area contributed by atoms with Gasteiger partial charge < -0.3 is 10.1 Å². The fourth-order valence-corrected chi connectivity index (χ4v) is 2.61. The molecule has 0 aromatic heterocycles. The third-order valence-corrected chi connectivity index (χ3v) is 4.04. The van der Waals surface area contributed by atoms with E-state index in [-0.39, 0.29) is 5.82 Å². The molecule has 0 spiro atoms. The Morgan fingerprint density at radius 2 is 2.21 bits per heavy atom. The maximum atomic E-state index is 13.5. The largest absolute Gasteiger partial charge is 0.383 e. The van der Waals surface area contributed by atoms with E-state index in [1.807, 2.05) is 6.07 Å². The van der Waals surface area contributed by atoms with Crippen LogP contribution in [0.15, 0.2) is 22.7 Å². The highest BCUT2D eigenvalue weighted by molar-refractivity contribution is 9.10. The molecule has 0 aliphatic heterocycles. The molecule has 19 heavy (non-hydrogen) atoms. The Morgan fingerprint density at radius 3 is 2.89 bits per heavy atom. The fourth-order valence-electron chi connectivity index (χ4n) is 2.18. The van der Waals surface area contributed by atoms with E-state index in [2.05, 4.69) is 28.2 Å². The highest BCUT2D eigenvalue weighted by Gasteiger charge is 2.12. The molecular weight excluding hydrogens is 309 g/mol. The number of hydrogen-bond donors (Lipinski definition) is 1. The first-order valence-electron chi connectivity index (χ1n) is 6.81. The number of hydrogen-bond acceptors (Lipinski definition) is 2. The molecule has 0 fully saturated rings. The van der Waals surface area contributed by atoms with Crippen molar-refractivity contribution < 1.29 is 9.13 Å². The minimum atomic E-state index is -0.180. The summed E-state index contributed by atoms with van der Waals surface area (Å²) in [5, 5.41) is 3.39. The van der Waals surface area contributed by atoms with Gasteiger partial charge in [-0.05, 0) is 52.9 Å². The van der Waals surface area contributed by atoms with Crippen LogP contribution in [0.3, 0.4) is 0 Å². The fraction of sp³-hybridized carbons (Fsp3) is 0.600. The van der Waals surface area contributed by atoms with Gasteiger partial charge in [-0.25, -0.2) is 4.39 Å². The van der Waals surface area contributed by atoms with Crippen LogP contribution < -0.4 is 5.32 Å². The van der Waals surface area contributed by atoms with Crippen molar-refractivity contribution in [1.29, 1.82) is 0 Å². The molecule has 1 N–H and O–H groups in total. The minimum absolute atomic E-state index is 0.180. The van der Waals surface area contributed by atoms with Crippen molar-refractivity contribution in [1.82, 2.24) is 5.32 Å². The van der Waals surface area contributed by atoms with Gasteiger partial charge in [0.1, 0.15) is 5.82 Å². The van der Waals surface area contributed by atoms with Gasteiger partial charge in [-0.1, -0.05) is 25.5 Å². The Morgan fingerprint density at radius 1 is 1.42 bits per heavy atom. The van der Waals surface area contributed by atoms with Crippen LogP contribution in [0.25, 0.3) is 0 Å². The van der Waals surface area contributed by atoms with E-state index in [0.29, 0.717) is 10.4 Å². The SMILES string of the molecule is CCCC(CNCCOC)Cc1cccc(F)c1Br. The molecule has 0 aliphatic carbocycles. The molecule has 0 saturated heterocycles. The lowest BCUT2D eigenvalue weighted by molar-refractivity contribution is 0.197. The summed E-state index contributed by atoms with van der Waals surface area (Å²) in [6, 6.07) is 5.25. The number of methoxy groups -OCH3 is 1. The lowest BCUT2D eigenvalue weighted by atomic mass is 9.95. The van der Waals surface area contributed by atoms with E-state index in [1.54, 1.807) is 13.2 Å². The first-order valence-corrected chi connectivity index (χ1v) is 7.60. The predicted octanol–water partition coefficient (Wildman–Crippen LogP) is 3.78. The second kappa shape index (κ2) is 9.45.